The predicted molar refractivity (Wildman–Crippen MR) is 60.4 cm³/mol. The summed E-state index contributed by atoms with van der Waals surface area (Å²) in [6.45, 7) is 0.957. The summed E-state index contributed by atoms with van der Waals surface area (Å²) in [5, 5.41) is 3.12. The van der Waals surface area contributed by atoms with E-state index in [1.165, 1.54) is 51.7 Å². The quantitative estimate of drug-likeness (QED) is 0.430. The first kappa shape index (κ1) is 12.1. The van der Waals surface area contributed by atoms with E-state index in [0.717, 1.165) is 12.5 Å². The van der Waals surface area contributed by atoms with Gasteiger partial charge in [0.2, 0.25) is 0 Å². The van der Waals surface area contributed by atoms with Gasteiger partial charge in [-0.25, -0.2) is 4.79 Å². The molecule has 1 aliphatic carbocycles. The van der Waals surface area contributed by atoms with Crippen LogP contribution in [0.5, 0.6) is 0 Å². The number of carbonyl (C=O) groups is 1. The maximum absolute atomic E-state index is 10.7. The number of nitrogens with one attached hydrogen (secondary N) is 1. The fourth-order valence-corrected chi connectivity index (χ4v) is 2.04. The SMILES string of the molecule is COC(=O)/C=C/NCCC1CCCCC1. The summed E-state index contributed by atoms with van der Waals surface area (Å²) in [6.07, 6.45) is 11.3. The Bertz CT molecular complexity index is 208. The zero-order valence-electron chi connectivity index (χ0n) is 9.50. The maximum Gasteiger partial charge on any atom is 0.331 e. The lowest BCUT2D eigenvalue weighted by Crippen LogP contribution is -2.15. The molecule has 0 unspecified atom stereocenters. The van der Waals surface area contributed by atoms with Gasteiger partial charge in [0.25, 0.3) is 0 Å². The molecule has 0 radical (unpaired) electrons. The summed E-state index contributed by atoms with van der Waals surface area (Å²) in [5.74, 6) is 0.581. The highest BCUT2D eigenvalue weighted by atomic mass is 16.5. The van der Waals surface area contributed by atoms with E-state index >= 15 is 0 Å². The summed E-state index contributed by atoms with van der Waals surface area (Å²) in [5.41, 5.74) is 0. The molecule has 0 aliphatic heterocycles. The molecular formula is C12H21NO2. The van der Waals surface area contributed by atoms with Crippen molar-refractivity contribution in [1.82, 2.24) is 5.32 Å². The standard InChI is InChI=1S/C12H21NO2/c1-15-12(14)8-10-13-9-7-11-5-3-2-4-6-11/h8,10-11,13H,2-7,9H2,1H3/b10-8+. The van der Waals surface area contributed by atoms with Crippen LogP contribution in [-0.2, 0) is 9.53 Å². The zero-order valence-corrected chi connectivity index (χ0v) is 9.50. The molecule has 0 amide bonds. The van der Waals surface area contributed by atoms with E-state index in [4.69, 9.17) is 0 Å². The minimum atomic E-state index is -0.305. The molecule has 0 heterocycles. The van der Waals surface area contributed by atoms with Crippen molar-refractivity contribution in [1.29, 1.82) is 0 Å². The van der Waals surface area contributed by atoms with Crippen molar-refractivity contribution in [2.45, 2.75) is 38.5 Å². The van der Waals surface area contributed by atoms with Gasteiger partial charge in [-0.1, -0.05) is 32.1 Å². The molecule has 0 aromatic carbocycles. The molecule has 1 rings (SSSR count). The van der Waals surface area contributed by atoms with E-state index in [0.29, 0.717) is 0 Å². The van der Waals surface area contributed by atoms with E-state index in [9.17, 15) is 4.79 Å². The number of carbonyl (C=O) groups excluding carboxylic acids is 1. The number of methoxy groups -OCH3 is 1. The average molecular weight is 211 g/mol. The van der Waals surface area contributed by atoms with Crippen LogP contribution in [-0.4, -0.2) is 19.6 Å². The van der Waals surface area contributed by atoms with Crippen LogP contribution in [0.3, 0.4) is 0 Å². The van der Waals surface area contributed by atoms with Gasteiger partial charge in [-0.2, -0.15) is 0 Å². The van der Waals surface area contributed by atoms with Crippen LogP contribution in [0.2, 0.25) is 0 Å². The van der Waals surface area contributed by atoms with Crippen LogP contribution in [0.1, 0.15) is 38.5 Å². The second kappa shape index (κ2) is 7.32. The Morgan fingerprint density at radius 1 is 1.40 bits per heavy atom. The Balaban J connectivity index is 2.00. The summed E-state index contributed by atoms with van der Waals surface area (Å²) in [7, 11) is 1.38. The van der Waals surface area contributed by atoms with Gasteiger partial charge in [-0.3, -0.25) is 0 Å². The molecule has 0 aromatic heterocycles. The van der Waals surface area contributed by atoms with Crippen LogP contribution in [0, 0.1) is 5.92 Å². The van der Waals surface area contributed by atoms with Crippen LogP contribution in [0.25, 0.3) is 0 Å². The van der Waals surface area contributed by atoms with Gasteiger partial charge in [0.05, 0.1) is 7.11 Å². The Kier molecular flexibility index (Phi) is 5.90. The molecule has 3 nitrogen and oxygen atoms in total. The molecule has 1 fully saturated rings. The number of rotatable bonds is 5. The number of hydrogen-bond donors (Lipinski definition) is 1. The summed E-state index contributed by atoms with van der Waals surface area (Å²) in [4.78, 5) is 10.7. The van der Waals surface area contributed by atoms with Gasteiger partial charge in [-0.05, 0) is 12.3 Å². The minimum absolute atomic E-state index is 0.305. The first-order valence-corrected chi connectivity index (χ1v) is 5.81. The van der Waals surface area contributed by atoms with Gasteiger partial charge in [-0.15, -0.1) is 0 Å². The van der Waals surface area contributed by atoms with Crippen molar-refractivity contribution < 1.29 is 9.53 Å². The van der Waals surface area contributed by atoms with Gasteiger partial charge in [0.15, 0.2) is 0 Å². The highest BCUT2D eigenvalue weighted by molar-refractivity contribution is 5.81. The van der Waals surface area contributed by atoms with Crippen LogP contribution < -0.4 is 5.32 Å². The Labute approximate surface area is 91.9 Å². The fourth-order valence-electron chi connectivity index (χ4n) is 2.04. The van der Waals surface area contributed by atoms with Crippen LogP contribution >= 0.6 is 0 Å². The molecule has 0 saturated heterocycles. The first-order chi connectivity index (χ1) is 7.33. The molecule has 0 aromatic rings. The second-order valence-electron chi connectivity index (χ2n) is 4.10. The van der Waals surface area contributed by atoms with Crippen molar-refractivity contribution in [3.63, 3.8) is 0 Å². The fraction of sp³-hybridized carbons (Fsp3) is 0.750. The van der Waals surface area contributed by atoms with Gasteiger partial charge in [0.1, 0.15) is 0 Å². The first-order valence-electron chi connectivity index (χ1n) is 5.81. The predicted octanol–water partition coefficient (Wildman–Crippen LogP) is 2.23. The molecule has 3 heteroatoms. The number of hydrogen-bond acceptors (Lipinski definition) is 3. The summed E-state index contributed by atoms with van der Waals surface area (Å²) >= 11 is 0. The smallest absolute Gasteiger partial charge is 0.331 e. The van der Waals surface area contributed by atoms with E-state index in [2.05, 4.69) is 10.1 Å². The third-order valence-corrected chi connectivity index (χ3v) is 2.96. The van der Waals surface area contributed by atoms with E-state index in [1.807, 2.05) is 0 Å². The molecule has 1 aliphatic rings. The molecule has 1 N–H and O–H groups in total. The Morgan fingerprint density at radius 2 is 2.13 bits per heavy atom. The normalized spacial score (nSPS) is 17.9. The van der Waals surface area contributed by atoms with Crippen LogP contribution in [0.4, 0.5) is 0 Å². The Morgan fingerprint density at radius 3 is 2.80 bits per heavy atom. The third kappa shape index (κ3) is 5.45. The van der Waals surface area contributed by atoms with Gasteiger partial charge in [0, 0.05) is 18.8 Å². The summed E-state index contributed by atoms with van der Waals surface area (Å²) in [6, 6.07) is 0. The molecule has 1 saturated carbocycles. The van der Waals surface area contributed by atoms with E-state index in [1.54, 1.807) is 6.20 Å². The zero-order chi connectivity index (χ0) is 10.9. The van der Waals surface area contributed by atoms with E-state index in [-0.39, 0.29) is 5.97 Å². The molecular weight excluding hydrogens is 190 g/mol. The van der Waals surface area contributed by atoms with Crippen molar-refractivity contribution in [3.8, 4) is 0 Å². The second-order valence-corrected chi connectivity index (χ2v) is 4.10. The van der Waals surface area contributed by atoms with Crippen molar-refractivity contribution in [3.05, 3.63) is 12.3 Å². The average Bonchev–Trinajstić information content (AvgIpc) is 2.29. The highest BCUT2D eigenvalue weighted by Gasteiger charge is 2.11. The maximum atomic E-state index is 10.7. The Hall–Kier alpha value is -0.990. The minimum Gasteiger partial charge on any atom is -0.466 e. The van der Waals surface area contributed by atoms with Crippen molar-refractivity contribution >= 4 is 5.97 Å². The number of ether oxygens (including phenoxy) is 1. The molecule has 0 bridgehead atoms. The van der Waals surface area contributed by atoms with Crippen molar-refractivity contribution in [2.75, 3.05) is 13.7 Å². The topological polar surface area (TPSA) is 38.3 Å². The van der Waals surface area contributed by atoms with E-state index < -0.39 is 0 Å². The molecule has 0 spiro atoms. The lowest BCUT2D eigenvalue weighted by molar-refractivity contribution is -0.134. The molecule has 0 atom stereocenters. The largest absolute Gasteiger partial charge is 0.466 e. The van der Waals surface area contributed by atoms with Crippen molar-refractivity contribution in [2.24, 2.45) is 5.92 Å². The summed E-state index contributed by atoms with van der Waals surface area (Å²) < 4.78 is 4.48. The molecule has 15 heavy (non-hydrogen) atoms. The lowest BCUT2D eigenvalue weighted by atomic mass is 9.87. The number of esters is 1. The van der Waals surface area contributed by atoms with Crippen LogP contribution in [0.15, 0.2) is 12.3 Å². The van der Waals surface area contributed by atoms with Gasteiger partial charge < -0.3 is 10.1 Å². The molecule has 86 valence electrons. The lowest BCUT2D eigenvalue weighted by Gasteiger charge is -2.21. The monoisotopic (exact) mass is 211 g/mol. The van der Waals surface area contributed by atoms with Gasteiger partial charge >= 0.3 is 5.97 Å². The highest BCUT2D eigenvalue weighted by Crippen LogP contribution is 2.25. The third-order valence-electron chi connectivity index (χ3n) is 2.96.